The van der Waals surface area contributed by atoms with Crippen LogP contribution in [0.25, 0.3) is 0 Å². The molecule has 1 heterocycles. The van der Waals surface area contributed by atoms with Crippen molar-refractivity contribution in [2.24, 2.45) is 5.73 Å². The minimum absolute atomic E-state index is 0. The van der Waals surface area contributed by atoms with Gasteiger partial charge in [0.2, 0.25) is 5.89 Å². The lowest BCUT2D eigenvalue weighted by atomic mass is 10.1. The molecule has 0 amide bonds. The highest BCUT2D eigenvalue weighted by atomic mass is 35.5. The van der Waals surface area contributed by atoms with Gasteiger partial charge in [-0.15, -0.1) is 12.4 Å². The van der Waals surface area contributed by atoms with Crippen LogP contribution in [0.2, 0.25) is 0 Å². The average Bonchev–Trinajstić information content (AvgIpc) is 3.25. The summed E-state index contributed by atoms with van der Waals surface area (Å²) in [6.45, 7) is 1.85. The van der Waals surface area contributed by atoms with E-state index in [1.165, 1.54) is 25.0 Å². The summed E-state index contributed by atoms with van der Waals surface area (Å²) in [6, 6.07) is 7.28. The van der Waals surface area contributed by atoms with Crippen LogP contribution < -0.4 is 5.73 Å². The Morgan fingerprint density at radius 3 is 2.59 bits per heavy atom. The highest BCUT2D eigenvalue weighted by Gasteiger charge is 2.29. The second kappa shape index (κ2) is 7.67. The Labute approximate surface area is 135 Å². The van der Waals surface area contributed by atoms with Crippen molar-refractivity contribution in [2.75, 3.05) is 6.54 Å². The molecule has 2 N–H and O–H groups in total. The van der Waals surface area contributed by atoms with E-state index in [1.807, 2.05) is 12.1 Å². The first-order valence-electron chi connectivity index (χ1n) is 7.24. The number of hydrogen-bond acceptors (Lipinski definition) is 5. The number of aromatic nitrogens is 2. The number of hydrogen-bond donors (Lipinski definition) is 1. The molecule has 2 aromatic rings. The first-order chi connectivity index (χ1) is 10.2. The normalized spacial score (nSPS) is 14.1. The molecule has 0 radical (unpaired) electrons. The van der Waals surface area contributed by atoms with E-state index in [0.29, 0.717) is 24.3 Å². The largest absolute Gasteiger partial charge is 0.338 e. The molecule has 0 spiro atoms. The fourth-order valence-electron chi connectivity index (χ4n) is 2.37. The Kier molecular flexibility index (Phi) is 5.88. The fourth-order valence-corrected chi connectivity index (χ4v) is 2.37. The van der Waals surface area contributed by atoms with Crippen molar-refractivity contribution in [3.8, 4) is 0 Å². The van der Waals surface area contributed by atoms with Crippen molar-refractivity contribution in [3.05, 3.63) is 47.4 Å². The van der Waals surface area contributed by atoms with Gasteiger partial charge < -0.3 is 10.3 Å². The van der Waals surface area contributed by atoms with Gasteiger partial charge in [-0.3, -0.25) is 4.90 Å². The summed E-state index contributed by atoms with van der Waals surface area (Å²) in [5.74, 6) is 0.958. The summed E-state index contributed by atoms with van der Waals surface area (Å²) in [6.07, 6.45) is 3.31. The zero-order valence-corrected chi connectivity index (χ0v) is 13.1. The van der Waals surface area contributed by atoms with Crippen LogP contribution in [0.3, 0.4) is 0 Å². The van der Waals surface area contributed by atoms with Crippen molar-refractivity contribution >= 4 is 12.4 Å². The van der Waals surface area contributed by atoms with Crippen LogP contribution in [0.5, 0.6) is 0 Å². The van der Waals surface area contributed by atoms with Crippen molar-refractivity contribution in [1.82, 2.24) is 15.0 Å². The lowest BCUT2D eigenvalue weighted by Gasteiger charge is -2.20. The third kappa shape index (κ3) is 4.50. The Hall–Kier alpha value is -1.50. The molecule has 0 bridgehead atoms. The van der Waals surface area contributed by atoms with Gasteiger partial charge in [-0.05, 0) is 37.0 Å². The van der Waals surface area contributed by atoms with Gasteiger partial charge >= 0.3 is 0 Å². The summed E-state index contributed by atoms with van der Waals surface area (Å²) >= 11 is 0. The first-order valence-corrected chi connectivity index (χ1v) is 7.24. The van der Waals surface area contributed by atoms with Gasteiger partial charge in [0.15, 0.2) is 5.82 Å². The summed E-state index contributed by atoms with van der Waals surface area (Å²) in [4.78, 5) is 6.61. The molecular weight excluding hydrogens is 307 g/mol. The highest BCUT2D eigenvalue weighted by Crippen LogP contribution is 2.28. The molecule has 7 heteroatoms. The van der Waals surface area contributed by atoms with Gasteiger partial charge in [0.05, 0.1) is 13.1 Å². The zero-order valence-electron chi connectivity index (χ0n) is 12.2. The second-order valence-corrected chi connectivity index (χ2v) is 5.39. The molecule has 3 rings (SSSR count). The zero-order chi connectivity index (χ0) is 14.7. The topological polar surface area (TPSA) is 68.2 Å². The van der Waals surface area contributed by atoms with E-state index in [2.05, 4.69) is 15.0 Å². The quantitative estimate of drug-likeness (QED) is 0.845. The molecule has 1 saturated carbocycles. The predicted molar refractivity (Wildman–Crippen MR) is 83.0 cm³/mol. The van der Waals surface area contributed by atoms with Crippen molar-refractivity contribution in [2.45, 2.75) is 38.4 Å². The molecule has 1 aliphatic rings. The fraction of sp³-hybridized carbons (Fsp3) is 0.467. The van der Waals surface area contributed by atoms with Crippen molar-refractivity contribution < 1.29 is 8.91 Å². The van der Waals surface area contributed by atoms with Crippen LogP contribution in [-0.2, 0) is 19.5 Å². The summed E-state index contributed by atoms with van der Waals surface area (Å²) in [5.41, 5.74) is 6.61. The maximum atomic E-state index is 12.9. The second-order valence-electron chi connectivity index (χ2n) is 5.39. The Bertz CT molecular complexity index is 585. The monoisotopic (exact) mass is 326 g/mol. The molecule has 22 heavy (non-hydrogen) atoms. The van der Waals surface area contributed by atoms with Crippen LogP contribution >= 0.6 is 12.4 Å². The maximum absolute atomic E-state index is 12.9. The number of rotatable bonds is 7. The third-order valence-electron chi connectivity index (χ3n) is 3.69. The molecule has 5 nitrogen and oxygen atoms in total. The van der Waals surface area contributed by atoms with Crippen molar-refractivity contribution in [1.29, 1.82) is 0 Å². The summed E-state index contributed by atoms with van der Waals surface area (Å²) in [5, 5.41) is 3.95. The van der Waals surface area contributed by atoms with E-state index in [0.717, 1.165) is 18.5 Å². The highest BCUT2D eigenvalue weighted by molar-refractivity contribution is 5.85. The molecule has 1 aromatic heterocycles. The van der Waals surface area contributed by atoms with Gasteiger partial charge in [0.1, 0.15) is 5.82 Å². The van der Waals surface area contributed by atoms with Crippen LogP contribution in [0, 0.1) is 5.82 Å². The van der Waals surface area contributed by atoms with E-state index >= 15 is 0 Å². The molecule has 0 unspecified atom stereocenters. The average molecular weight is 327 g/mol. The van der Waals surface area contributed by atoms with Gasteiger partial charge in [0, 0.05) is 12.6 Å². The third-order valence-corrected chi connectivity index (χ3v) is 3.69. The van der Waals surface area contributed by atoms with Crippen LogP contribution in [-0.4, -0.2) is 27.6 Å². The molecule has 0 atom stereocenters. The molecule has 0 aliphatic heterocycles. The smallest absolute Gasteiger partial charge is 0.240 e. The van der Waals surface area contributed by atoms with E-state index in [4.69, 9.17) is 10.3 Å². The molecule has 1 aromatic carbocycles. The van der Waals surface area contributed by atoms with Gasteiger partial charge in [-0.1, -0.05) is 17.3 Å². The Morgan fingerprint density at radius 1 is 1.27 bits per heavy atom. The van der Waals surface area contributed by atoms with E-state index < -0.39 is 0 Å². The molecule has 120 valence electrons. The van der Waals surface area contributed by atoms with Crippen molar-refractivity contribution in [3.63, 3.8) is 0 Å². The van der Waals surface area contributed by atoms with E-state index in [9.17, 15) is 4.39 Å². The number of nitrogens with zero attached hydrogens (tertiary/aromatic N) is 3. The van der Waals surface area contributed by atoms with E-state index in [-0.39, 0.29) is 24.8 Å². The molecule has 1 aliphatic carbocycles. The van der Waals surface area contributed by atoms with Gasteiger partial charge in [-0.25, -0.2) is 4.39 Å². The predicted octanol–water partition coefficient (Wildman–Crippen LogP) is 2.30. The number of halogens is 2. The van der Waals surface area contributed by atoms with Crippen LogP contribution in [0.1, 0.15) is 30.1 Å². The maximum Gasteiger partial charge on any atom is 0.240 e. The summed E-state index contributed by atoms with van der Waals surface area (Å²) < 4.78 is 17.9. The molecular formula is C15H20ClFN4O. The standard InChI is InChI=1S/C15H19FN4O.ClH/c16-12-3-1-11(2-4-12)7-8-20(13-5-6-13)10-14-18-15(9-17)21-19-14;/h1-4,13H,5-10,17H2;1H. The summed E-state index contributed by atoms with van der Waals surface area (Å²) in [7, 11) is 0. The lowest BCUT2D eigenvalue weighted by molar-refractivity contribution is 0.247. The SMILES string of the molecule is Cl.NCc1nc(CN(CCc2ccc(F)cc2)C2CC2)no1. The Balaban J connectivity index is 0.00000176. The lowest BCUT2D eigenvalue weighted by Crippen LogP contribution is -2.28. The minimum Gasteiger partial charge on any atom is -0.338 e. The van der Waals surface area contributed by atoms with Gasteiger partial charge in [-0.2, -0.15) is 4.98 Å². The van der Waals surface area contributed by atoms with Crippen LogP contribution in [0.4, 0.5) is 4.39 Å². The first kappa shape index (κ1) is 16.9. The number of nitrogens with two attached hydrogens (primary N) is 1. The minimum atomic E-state index is -0.195. The number of benzene rings is 1. The van der Waals surface area contributed by atoms with Crippen LogP contribution in [0.15, 0.2) is 28.8 Å². The van der Waals surface area contributed by atoms with Gasteiger partial charge in [0.25, 0.3) is 0 Å². The molecule has 1 fully saturated rings. The molecule has 0 saturated heterocycles. The Morgan fingerprint density at radius 2 is 2.00 bits per heavy atom. The van der Waals surface area contributed by atoms with E-state index in [1.54, 1.807) is 0 Å².